The van der Waals surface area contributed by atoms with E-state index >= 15 is 0 Å². The van der Waals surface area contributed by atoms with Crippen molar-refractivity contribution in [2.45, 2.75) is 40.2 Å². The van der Waals surface area contributed by atoms with Crippen molar-refractivity contribution in [2.75, 3.05) is 7.11 Å². The number of rotatable bonds is 5. The lowest BCUT2D eigenvalue weighted by molar-refractivity contribution is -0.145. The van der Waals surface area contributed by atoms with Crippen molar-refractivity contribution in [1.29, 1.82) is 0 Å². The SMILES string of the molecule is COC(=O)[C@H](Cc1c(C)cccc1C)NC(=O)C(C)C. The monoisotopic (exact) mass is 277 g/mol. The predicted octanol–water partition coefficient (Wildman–Crippen LogP) is 2.16. The van der Waals surface area contributed by atoms with Crippen molar-refractivity contribution in [2.24, 2.45) is 5.92 Å². The molecule has 20 heavy (non-hydrogen) atoms. The van der Waals surface area contributed by atoms with Crippen LogP contribution in [0, 0.1) is 19.8 Å². The van der Waals surface area contributed by atoms with E-state index in [9.17, 15) is 9.59 Å². The zero-order valence-corrected chi connectivity index (χ0v) is 12.8. The van der Waals surface area contributed by atoms with Crippen molar-refractivity contribution < 1.29 is 14.3 Å². The summed E-state index contributed by atoms with van der Waals surface area (Å²) in [5.41, 5.74) is 3.29. The fraction of sp³-hybridized carbons (Fsp3) is 0.500. The number of hydrogen-bond acceptors (Lipinski definition) is 3. The van der Waals surface area contributed by atoms with E-state index < -0.39 is 12.0 Å². The lowest BCUT2D eigenvalue weighted by atomic mass is 9.96. The highest BCUT2D eigenvalue weighted by atomic mass is 16.5. The van der Waals surface area contributed by atoms with Crippen molar-refractivity contribution >= 4 is 11.9 Å². The van der Waals surface area contributed by atoms with Crippen LogP contribution in [0.25, 0.3) is 0 Å². The number of nitrogens with one attached hydrogen (secondary N) is 1. The fourth-order valence-corrected chi connectivity index (χ4v) is 2.05. The van der Waals surface area contributed by atoms with Crippen LogP contribution in [0.15, 0.2) is 18.2 Å². The van der Waals surface area contributed by atoms with Crippen molar-refractivity contribution in [1.82, 2.24) is 5.32 Å². The maximum atomic E-state index is 11.9. The van der Waals surface area contributed by atoms with Crippen LogP contribution in [0.1, 0.15) is 30.5 Å². The summed E-state index contributed by atoms with van der Waals surface area (Å²) in [4.78, 5) is 23.7. The van der Waals surface area contributed by atoms with Crippen molar-refractivity contribution in [3.05, 3.63) is 34.9 Å². The molecule has 0 aromatic heterocycles. The van der Waals surface area contributed by atoms with Crippen molar-refractivity contribution in [3.8, 4) is 0 Å². The summed E-state index contributed by atoms with van der Waals surface area (Å²) in [5, 5.41) is 2.76. The summed E-state index contributed by atoms with van der Waals surface area (Å²) in [5.74, 6) is -0.728. The molecule has 1 aromatic carbocycles. The Morgan fingerprint density at radius 1 is 1.20 bits per heavy atom. The van der Waals surface area contributed by atoms with Crippen LogP contribution < -0.4 is 5.32 Å². The average Bonchev–Trinajstić information content (AvgIpc) is 2.40. The van der Waals surface area contributed by atoms with Crippen LogP contribution in [-0.2, 0) is 20.7 Å². The smallest absolute Gasteiger partial charge is 0.328 e. The molecule has 0 aliphatic rings. The van der Waals surface area contributed by atoms with E-state index in [0.29, 0.717) is 6.42 Å². The predicted molar refractivity (Wildman–Crippen MR) is 78.4 cm³/mol. The number of amides is 1. The number of carbonyl (C=O) groups is 2. The molecule has 4 nitrogen and oxygen atoms in total. The number of carbonyl (C=O) groups excluding carboxylic acids is 2. The maximum absolute atomic E-state index is 11.9. The Labute approximate surface area is 120 Å². The molecule has 0 fully saturated rings. The molecule has 1 amide bonds. The van der Waals surface area contributed by atoms with Crippen LogP contribution in [0.5, 0.6) is 0 Å². The van der Waals surface area contributed by atoms with E-state index in [1.54, 1.807) is 13.8 Å². The minimum Gasteiger partial charge on any atom is -0.467 e. The molecule has 110 valence electrons. The first-order valence-corrected chi connectivity index (χ1v) is 6.80. The van der Waals surface area contributed by atoms with Gasteiger partial charge in [-0.15, -0.1) is 0 Å². The molecule has 0 spiro atoms. The Balaban J connectivity index is 2.96. The van der Waals surface area contributed by atoms with Crippen molar-refractivity contribution in [3.63, 3.8) is 0 Å². The van der Waals surface area contributed by atoms with Gasteiger partial charge in [0, 0.05) is 12.3 Å². The second-order valence-corrected chi connectivity index (χ2v) is 5.31. The van der Waals surface area contributed by atoms with Gasteiger partial charge in [0.25, 0.3) is 0 Å². The van der Waals surface area contributed by atoms with Gasteiger partial charge >= 0.3 is 5.97 Å². The number of methoxy groups -OCH3 is 1. The molecular formula is C16H23NO3. The Morgan fingerprint density at radius 2 is 1.75 bits per heavy atom. The molecule has 4 heteroatoms. The zero-order valence-electron chi connectivity index (χ0n) is 12.8. The second-order valence-electron chi connectivity index (χ2n) is 5.31. The van der Waals surface area contributed by atoms with Gasteiger partial charge in [-0.05, 0) is 30.5 Å². The van der Waals surface area contributed by atoms with Crippen LogP contribution in [0.2, 0.25) is 0 Å². The summed E-state index contributed by atoms with van der Waals surface area (Å²) >= 11 is 0. The molecule has 0 bridgehead atoms. The topological polar surface area (TPSA) is 55.4 Å². The fourth-order valence-electron chi connectivity index (χ4n) is 2.05. The Kier molecular flexibility index (Phi) is 5.74. The van der Waals surface area contributed by atoms with Crippen LogP contribution in [0.4, 0.5) is 0 Å². The molecule has 0 aliphatic heterocycles. The maximum Gasteiger partial charge on any atom is 0.328 e. The normalized spacial score (nSPS) is 12.1. The third kappa shape index (κ3) is 4.08. The molecule has 0 unspecified atom stereocenters. The van der Waals surface area contributed by atoms with Gasteiger partial charge in [-0.3, -0.25) is 4.79 Å². The summed E-state index contributed by atoms with van der Waals surface area (Å²) < 4.78 is 4.79. The molecule has 1 rings (SSSR count). The van der Waals surface area contributed by atoms with E-state index in [0.717, 1.165) is 16.7 Å². The van der Waals surface area contributed by atoms with Gasteiger partial charge < -0.3 is 10.1 Å². The second kappa shape index (κ2) is 7.08. The van der Waals surface area contributed by atoms with Gasteiger partial charge in [-0.25, -0.2) is 4.79 Å². The number of hydrogen-bond donors (Lipinski definition) is 1. The molecular weight excluding hydrogens is 254 g/mol. The van der Waals surface area contributed by atoms with E-state index in [1.165, 1.54) is 7.11 Å². The first-order valence-electron chi connectivity index (χ1n) is 6.80. The molecule has 0 radical (unpaired) electrons. The van der Waals surface area contributed by atoms with E-state index in [1.807, 2.05) is 32.0 Å². The van der Waals surface area contributed by atoms with Crippen LogP contribution in [0.3, 0.4) is 0 Å². The third-order valence-corrected chi connectivity index (χ3v) is 3.38. The van der Waals surface area contributed by atoms with Crippen LogP contribution in [-0.4, -0.2) is 25.0 Å². The number of ether oxygens (including phenoxy) is 1. The van der Waals surface area contributed by atoms with Gasteiger partial charge in [0.2, 0.25) is 5.91 Å². The van der Waals surface area contributed by atoms with Gasteiger partial charge in [0.05, 0.1) is 7.11 Å². The third-order valence-electron chi connectivity index (χ3n) is 3.38. The largest absolute Gasteiger partial charge is 0.467 e. The highest BCUT2D eigenvalue weighted by molar-refractivity contribution is 5.85. The minimum absolute atomic E-state index is 0.147. The van der Waals surface area contributed by atoms with Crippen LogP contribution >= 0.6 is 0 Å². The molecule has 0 saturated carbocycles. The van der Waals surface area contributed by atoms with E-state index in [2.05, 4.69) is 5.32 Å². The Bertz CT molecular complexity index is 474. The van der Waals surface area contributed by atoms with E-state index in [4.69, 9.17) is 4.74 Å². The quantitative estimate of drug-likeness (QED) is 0.839. The molecule has 1 atom stereocenters. The zero-order chi connectivity index (χ0) is 15.3. The minimum atomic E-state index is -0.644. The summed E-state index contributed by atoms with van der Waals surface area (Å²) in [6.45, 7) is 7.59. The van der Waals surface area contributed by atoms with E-state index in [-0.39, 0.29) is 11.8 Å². The average molecular weight is 277 g/mol. The lowest BCUT2D eigenvalue weighted by Gasteiger charge is -2.20. The highest BCUT2D eigenvalue weighted by Gasteiger charge is 2.24. The lowest BCUT2D eigenvalue weighted by Crippen LogP contribution is -2.44. The first kappa shape index (κ1) is 16.2. The van der Waals surface area contributed by atoms with Gasteiger partial charge in [-0.1, -0.05) is 32.0 Å². The standard InChI is InChI=1S/C16H23NO3/c1-10(2)15(18)17-14(16(19)20-5)9-13-11(3)7-6-8-12(13)4/h6-8,10,14H,9H2,1-5H3,(H,17,18)/t14-/m0/s1. The molecule has 1 N–H and O–H groups in total. The molecule has 0 aliphatic carbocycles. The Hall–Kier alpha value is -1.84. The number of esters is 1. The summed E-state index contributed by atoms with van der Waals surface area (Å²) in [6, 6.07) is 5.34. The molecule has 1 aromatic rings. The van der Waals surface area contributed by atoms with Gasteiger partial charge in [-0.2, -0.15) is 0 Å². The summed E-state index contributed by atoms with van der Waals surface area (Å²) in [6.07, 6.45) is 0.448. The van der Waals surface area contributed by atoms with Gasteiger partial charge in [0.1, 0.15) is 6.04 Å². The Morgan fingerprint density at radius 3 is 2.20 bits per heavy atom. The highest BCUT2D eigenvalue weighted by Crippen LogP contribution is 2.16. The number of aryl methyl sites for hydroxylation is 2. The first-order chi connectivity index (χ1) is 9.36. The summed E-state index contributed by atoms with van der Waals surface area (Å²) in [7, 11) is 1.33. The molecule has 0 saturated heterocycles. The molecule has 0 heterocycles. The van der Waals surface area contributed by atoms with Gasteiger partial charge in [0.15, 0.2) is 0 Å². The number of benzene rings is 1.